The van der Waals surface area contributed by atoms with E-state index in [2.05, 4.69) is 33.4 Å². The van der Waals surface area contributed by atoms with Crippen LogP contribution in [-0.2, 0) is 6.42 Å². The average molecular weight is 568 g/mol. The second kappa shape index (κ2) is 13.5. The van der Waals surface area contributed by atoms with Crippen LogP contribution in [-0.4, -0.2) is 35.7 Å². The molecule has 0 unspecified atom stereocenters. The topological polar surface area (TPSA) is 74.9 Å². The number of benzene rings is 3. The van der Waals surface area contributed by atoms with Crippen molar-refractivity contribution in [2.75, 3.05) is 13.7 Å². The van der Waals surface area contributed by atoms with Crippen LogP contribution in [0.1, 0.15) is 69.2 Å². The first kappa shape index (κ1) is 30.6. The SMILES string of the molecule is C=CCc1cc(C=Nn2c(-c3cc(C(C)C)c(OCC)cc3C)nc3ccccc3c2=O)cc(OC)c1O[C@@H](C)CC. The fraction of sp³-hybridized carbons (Fsp3) is 0.343. The summed E-state index contributed by atoms with van der Waals surface area (Å²) >= 11 is 0. The number of methoxy groups -OCH3 is 1. The molecule has 0 spiro atoms. The standard InChI is InChI=1S/C35H41N3O4/c1-9-14-26-18-25(19-32(40-8)33(26)42-24(7)10-2)21-36-38-34(37-30-16-13-12-15-27(30)35(38)39)29-20-28(22(4)5)31(41-11-3)17-23(29)6/h9,12-13,15-22,24H,1,10-11,14H2,2-8H3/t24-/m0/s1. The van der Waals surface area contributed by atoms with Crippen LogP contribution in [0.3, 0.4) is 0 Å². The molecule has 4 rings (SSSR count). The molecule has 0 fully saturated rings. The van der Waals surface area contributed by atoms with Crippen LogP contribution in [0.4, 0.5) is 0 Å². The number of rotatable bonds is 12. The van der Waals surface area contributed by atoms with Gasteiger partial charge in [0.15, 0.2) is 17.3 Å². The van der Waals surface area contributed by atoms with Crippen molar-refractivity contribution < 1.29 is 14.2 Å². The summed E-state index contributed by atoms with van der Waals surface area (Å²) < 4.78 is 19.3. The van der Waals surface area contributed by atoms with Gasteiger partial charge >= 0.3 is 0 Å². The van der Waals surface area contributed by atoms with E-state index in [-0.39, 0.29) is 17.6 Å². The van der Waals surface area contributed by atoms with Gasteiger partial charge in [0.1, 0.15) is 5.75 Å². The number of allylic oxidation sites excluding steroid dienone is 1. The normalized spacial score (nSPS) is 12.2. The Balaban J connectivity index is 1.93. The molecule has 0 aliphatic rings. The average Bonchev–Trinajstić information content (AvgIpc) is 2.97. The third kappa shape index (κ3) is 6.40. The van der Waals surface area contributed by atoms with Crippen molar-refractivity contribution in [3.63, 3.8) is 0 Å². The van der Waals surface area contributed by atoms with E-state index in [0.717, 1.165) is 40.0 Å². The molecule has 7 heteroatoms. The van der Waals surface area contributed by atoms with Crippen molar-refractivity contribution in [2.24, 2.45) is 5.10 Å². The lowest BCUT2D eigenvalue weighted by atomic mass is 9.96. The van der Waals surface area contributed by atoms with Crippen molar-refractivity contribution in [1.29, 1.82) is 0 Å². The number of aryl methyl sites for hydroxylation is 1. The lowest BCUT2D eigenvalue weighted by Crippen LogP contribution is -2.21. The van der Waals surface area contributed by atoms with E-state index in [1.54, 1.807) is 19.4 Å². The molecule has 7 nitrogen and oxygen atoms in total. The maximum atomic E-state index is 13.9. The number of aromatic nitrogens is 2. The van der Waals surface area contributed by atoms with Gasteiger partial charge in [0, 0.05) is 11.1 Å². The van der Waals surface area contributed by atoms with Crippen LogP contribution in [0.2, 0.25) is 0 Å². The Hall–Kier alpha value is -4.39. The molecule has 1 atom stereocenters. The maximum absolute atomic E-state index is 13.9. The molecule has 0 amide bonds. The van der Waals surface area contributed by atoms with E-state index in [9.17, 15) is 4.79 Å². The van der Waals surface area contributed by atoms with Gasteiger partial charge in [-0.25, -0.2) is 4.98 Å². The van der Waals surface area contributed by atoms with Gasteiger partial charge in [-0.05, 0) is 92.6 Å². The molecule has 1 heterocycles. The molecule has 1 aromatic heterocycles. The summed E-state index contributed by atoms with van der Waals surface area (Å²) in [6.07, 6.45) is 4.98. The lowest BCUT2D eigenvalue weighted by Gasteiger charge is -2.19. The summed E-state index contributed by atoms with van der Waals surface area (Å²) in [7, 11) is 1.62. The van der Waals surface area contributed by atoms with E-state index in [0.29, 0.717) is 41.3 Å². The summed E-state index contributed by atoms with van der Waals surface area (Å²) in [4.78, 5) is 18.8. The summed E-state index contributed by atoms with van der Waals surface area (Å²) in [5.41, 5.74) is 4.87. The predicted octanol–water partition coefficient (Wildman–Crippen LogP) is 7.69. The zero-order chi connectivity index (χ0) is 30.4. The highest BCUT2D eigenvalue weighted by molar-refractivity contribution is 5.83. The van der Waals surface area contributed by atoms with Crippen molar-refractivity contribution in [3.8, 4) is 28.6 Å². The first-order valence-corrected chi connectivity index (χ1v) is 14.5. The number of hydrogen-bond donors (Lipinski definition) is 0. The number of hydrogen-bond acceptors (Lipinski definition) is 6. The Morgan fingerprint density at radius 3 is 2.50 bits per heavy atom. The third-order valence-corrected chi connectivity index (χ3v) is 7.23. The number of nitrogens with zero attached hydrogens (tertiary/aromatic N) is 3. The largest absolute Gasteiger partial charge is 0.494 e. The minimum absolute atomic E-state index is 0.0277. The molecule has 4 aromatic rings. The minimum Gasteiger partial charge on any atom is -0.494 e. The highest BCUT2D eigenvalue weighted by Gasteiger charge is 2.19. The molecular formula is C35H41N3O4. The Morgan fingerprint density at radius 1 is 1.07 bits per heavy atom. The van der Waals surface area contributed by atoms with Crippen LogP contribution in [0, 0.1) is 6.92 Å². The fourth-order valence-corrected chi connectivity index (χ4v) is 4.84. The van der Waals surface area contributed by atoms with Crippen LogP contribution >= 0.6 is 0 Å². The van der Waals surface area contributed by atoms with Crippen molar-refractivity contribution in [3.05, 3.63) is 93.8 Å². The Morgan fingerprint density at radius 2 is 1.83 bits per heavy atom. The van der Waals surface area contributed by atoms with E-state index in [1.807, 2.05) is 63.2 Å². The van der Waals surface area contributed by atoms with Crippen LogP contribution in [0.25, 0.3) is 22.3 Å². The molecule has 220 valence electrons. The molecular weight excluding hydrogens is 526 g/mol. The van der Waals surface area contributed by atoms with Gasteiger partial charge in [-0.1, -0.05) is 39.0 Å². The third-order valence-electron chi connectivity index (χ3n) is 7.23. The molecule has 0 radical (unpaired) electrons. The predicted molar refractivity (Wildman–Crippen MR) is 172 cm³/mol. The number of fused-ring (bicyclic) bond motifs is 1. The Labute approximate surface area is 248 Å². The quantitative estimate of drug-likeness (QED) is 0.130. The highest BCUT2D eigenvalue weighted by Crippen LogP contribution is 2.36. The van der Waals surface area contributed by atoms with Crippen LogP contribution < -0.4 is 19.8 Å². The fourth-order valence-electron chi connectivity index (χ4n) is 4.84. The van der Waals surface area contributed by atoms with Crippen molar-refractivity contribution >= 4 is 17.1 Å². The zero-order valence-electron chi connectivity index (χ0n) is 25.7. The first-order valence-electron chi connectivity index (χ1n) is 14.5. The van der Waals surface area contributed by atoms with Gasteiger partial charge in [0.2, 0.25) is 0 Å². The number of ether oxygens (including phenoxy) is 3. The molecule has 0 bridgehead atoms. The molecule has 0 N–H and O–H groups in total. The monoisotopic (exact) mass is 567 g/mol. The molecule has 0 saturated carbocycles. The molecule has 0 aliphatic carbocycles. The van der Waals surface area contributed by atoms with Gasteiger partial charge < -0.3 is 14.2 Å². The summed E-state index contributed by atoms with van der Waals surface area (Å²) in [5, 5.41) is 5.22. The van der Waals surface area contributed by atoms with Gasteiger partial charge in [0.05, 0.1) is 36.9 Å². The van der Waals surface area contributed by atoms with Crippen molar-refractivity contribution in [2.45, 2.75) is 66.4 Å². The molecule has 0 aliphatic heterocycles. The lowest BCUT2D eigenvalue weighted by molar-refractivity contribution is 0.206. The second-order valence-electron chi connectivity index (χ2n) is 10.6. The summed E-state index contributed by atoms with van der Waals surface area (Å²) in [6.45, 7) is 16.8. The molecule has 0 saturated heterocycles. The highest BCUT2D eigenvalue weighted by atomic mass is 16.5. The van der Waals surface area contributed by atoms with Gasteiger partial charge in [-0.15, -0.1) is 6.58 Å². The molecule has 42 heavy (non-hydrogen) atoms. The Bertz CT molecular complexity index is 1670. The van der Waals surface area contributed by atoms with Gasteiger partial charge in [-0.3, -0.25) is 4.79 Å². The zero-order valence-corrected chi connectivity index (χ0v) is 25.7. The van der Waals surface area contributed by atoms with E-state index >= 15 is 0 Å². The van der Waals surface area contributed by atoms with Crippen LogP contribution in [0.5, 0.6) is 17.2 Å². The van der Waals surface area contributed by atoms with Crippen molar-refractivity contribution in [1.82, 2.24) is 9.66 Å². The Kier molecular flexibility index (Phi) is 9.84. The smallest absolute Gasteiger partial charge is 0.282 e. The minimum atomic E-state index is -0.249. The summed E-state index contributed by atoms with van der Waals surface area (Å²) in [6, 6.07) is 15.3. The first-order chi connectivity index (χ1) is 20.2. The number of para-hydroxylation sites is 1. The maximum Gasteiger partial charge on any atom is 0.282 e. The van der Waals surface area contributed by atoms with E-state index in [4.69, 9.17) is 24.3 Å². The second-order valence-corrected chi connectivity index (χ2v) is 10.6. The van der Waals surface area contributed by atoms with E-state index in [1.165, 1.54) is 4.68 Å². The van der Waals surface area contributed by atoms with E-state index < -0.39 is 0 Å². The van der Waals surface area contributed by atoms with Gasteiger partial charge in [0.25, 0.3) is 5.56 Å². The van der Waals surface area contributed by atoms with Crippen LogP contribution in [0.15, 0.2) is 71.1 Å². The molecule has 3 aromatic carbocycles. The van der Waals surface area contributed by atoms with Gasteiger partial charge in [-0.2, -0.15) is 9.78 Å². The summed E-state index contributed by atoms with van der Waals surface area (Å²) in [5.74, 6) is 2.81.